The molecule has 2 aromatic carbocycles. The molecule has 2 heterocycles. The van der Waals surface area contributed by atoms with Crippen LogP contribution in [0.1, 0.15) is 42.6 Å². The van der Waals surface area contributed by atoms with Crippen molar-refractivity contribution in [3.05, 3.63) is 52.6 Å². The average Bonchev–Trinajstić information content (AvgIpc) is 3.52. The van der Waals surface area contributed by atoms with E-state index < -0.39 is 29.8 Å². The molecule has 0 spiro atoms. The smallest absolute Gasteiger partial charge is 0.333 e. The van der Waals surface area contributed by atoms with E-state index >= 15 is 0 Å². The van der Waals surface area contributed by atoms with Gasteiger partial charge < -0.3 is 33.2 Å². The summed E-state index contributed by atoms with van der Waals surface area (Å²) in [6.45, 7) is 3.68. The fraction of sp³-hybridized carbons (Fsp3) is 0.407. The lowest BCUT2D eigenvalue weighted by molar-refractivity contribution is -0.150. The first-order valence-electron chi connectivity index (χ1n) is 11.7. The highest BCUT2D eigenvalue weighted by molar-refractivity contribution is 5.88. The van der Waals surface area contributed by atoms with Gasteiger partial charge in [0.15, 0.2) is 23.0 Å². The highest BCUT2D eigenvalue weighted by atomic mass is 16.7. The van der Waals surface area contributed by atoms with E-state index in [1.165, 1.54) is 7.11 Å². The highest BCUT2D eigenvalue weighted by Gasteiger charge is 2.54. The maximum absolute atomic E-state index is 13.2. The second kappa shape index (κ2) is 9.29. The first kappa shape index (κ1) is 23.8. The van der Waals surface area contributed by atoms with Crippen LogP contribution in [0.3, 0.4) is 0 Å². The number of cyclic esters (lactones) is 1. The van der Waals surface area contributed by atoms with Crippen LogP contribution in [0.5, 0.6) is 28.7 Å². The van der Waals surface area contributed by atoms with E-state index in [0.29, 0.717) is 34.3 Å². The van der Waals surface area contributed by atoms with Gasteiger partial charge in [0, 0.05) is 23.0 Å². The number of ether oxygens (including phenoxy) is 7. The van der Waals surface area contributed by atoms with Gasteiger partial charge in [0.1, 0.15) is 6.10 Å². The summed E-state index contributed by atoms with van der Waals surface area (Å²) in [4.78, 5) is 26.0. The monoisotopic (exact) mass is 496 g/mol. The first-order valence-corrected chi connectivity index (χ1v) is 11.7. The second-order valence-corrected chi connectivity index (χ2v) is 8.89. The number of hydrogen-bond acceptors (Lipinski definition) is 9. The summed E-state index contributed by atoms with van der Waals surface area (Å²) < 4.78 is 39.5. The molecule has 0 saturated carbocycles. The third kappa shape index (κ3) is 3.70. The SMILES string of the molecule is CC=C(C)C(=O)O[C@H]1c2cc3c(cc2[C@@H](c2cc(OC)c(OC)c(OC)c2)[C@H]2C(=O)OC[C@@H]21)OCO3. The van der Waals surface area contributed by atoms with Crippen LogP contribution in [0.25, 0.3) is 0 Å². The minimum atomic E-state index is -0.702. The van der Waals surface area contributed by atoms with Crippen LogP contribution in [-0.4, -0.2) is 46.7 Å². The van der Waals surface area contributed by atoms with E-state index in [1.54, 1.807) is 34.1 Å². The molecule has 1 saturated heterocycles. The van der Waals surface area contributed by atoms with Crippen molar-refractivity contribution < 1.29 is 42.7 Å². The van der Waals surface area contributed by atoms with Gasteiger partial charge in [0.2, 0.25) is 12.5 Å². The third-order valence-corrected chi connectivity index (χ3v) is 7.15. The molecule has 0 aromatic heterocycles. The van der Waals surface area contributed by atoms with Crippen molar-refractivity contribution in [3.8, 4) is 28.7 Å². The lowest BCUT2D eigenvalue weighted by Gasteiger charge is -2.38. The van der Waals surface area contributed by atoms with E-state index in [0.717, 1.165) is 16.7 Å². The summed E-state index contributed by atoms with van der Waals surface area (Å²) in [5.74, 6) is 0.249. The molecule has 3 aliphatic rings. The highest BCUT2D eigenvalue weighted by Crippen LogP contribution is 2.56. The largest absolute Gasteiger partial charge is 0.493 e. The van der Waals surface area contributed by atoms with Gasteiger partial charge in [-0.3, -0.25) is 4.79 Å². The molecule has 0 unspecified atom stereocenters. The molecule has 36 heavy (non-hydrogen) atoms. The molecule has 1 fully saturated rings. The van der Waals surface area contributed by atoms with Gasteiger partial charge in [0.25, 0.3) is 0 Å². The normalized spacial score (nSPS) is 23.9. The molecule has 0 bridgehead atoms. The summed E-state index contributed by atoms with van der Waals surface area (Å²) in [5, 5.41) is 0. The Kier molecular flexibility index (Phi) is 6.15. The maximum atomic E-state index is 13.2. The third-order valence-electron chi connectivity index (χ3n) is 7.15. The number of allylic oxidation sites excluding steroid dienone is 1. The second-order valence-electron chi connectivity index (χ2n) is 8.89. The van der Waals surface area contributed by atoms with Crippen molar-refractivity contribution in [1.29, 1.82) is 0 Å². The number of hydrogen-bond donors (Lipinski definition) is 0. The molecular weight excluding hydrogens is 468 g/mol. The van der Waals surface area contributed by atoms with Gasteiger partial charge in [-0.2, -0.15) is 0 Å². The molecule has 190 valence electrons. The molecule has 9 heteroatoms. The molecule has 5 rings (SSSR count). The predicted molar refractivity (Wildman–Crippen MR) is 127 cm³/mol. The lowest BCUT2D eigenvalue weighted by Crippen LogP contribution is -2.36. The fourth-order valence-electron chi connectivity index (χ4n) is 5.27. The number of methoxy groups -OCH3 is 3. The molecule has 1 aliphatic carbocycles. The molecule has 9 nitrogen and oxygen atoms in total. The minimum Gasteiger partial charge on any atom is -0.493 e. The molecule has 0 amide bonds. The average molecular weight is 497 g/mol. The van der Waals surface area contributed by atoms with Crippen LogP contribution in [0, 0.1) is 11.8 Å². The molecule has 2 aliphatic heterocycles. The summed E-state index contributed by atoms with van der Waals surface area (Å²) in [7, 11) is 4.62. The number of benzene rings is 2. The van der Waals surface area contributed by atoms with Crippen molar-refractivity contribution >= 4 is 11.9 Å². The number of esters is 2. The van der Waals surface area contributed by atoms with Crippen molar-refractivity contribution in [1.82, 2.24) is 0 Å². The van der Waals surface area contributed by atoms with Crippen molar-refractivity contribution in [3.63, 3.8) is 0 Å². The van der Waals surface area contributed by atoms with Gasteiger partial charge in [-0.15, -0.1) is 0 Å². The minimum absolute atomic E-state index is 0.0874. The Morgan fingerprint density at radius 3 is 2.17 bits per heavy atom. The standard InChI is InChI=1S/C27H28O9/c1-6-13(2)26(28)36-24-16-10-19-18(34-12-35-19)9-15(16)22(23-17(24)11-33-27(23)29)14-7-20(30-3)25(32-5)21(8-14)31-4/h6-10,17,22-24H,11-12H2,1-5H3/t17-,22+,23-,24-/m0/s1. The maximum Gasteiger partial charge on any atom is 0.333 e. The lowest BCUT2D eigenvalue weighted by atomic mass is 9.66. The zero-order chi connectivity index (χ0) is 25.6. The van der Waals surface area contributed by atoms with Crippen LogP contribution in [-0.2, 0) is 19.1 Å². The molecule has 4 atom stereocenters. The Morgan fingerprint density at radius 2 is 1.58 bits per heavy atom. The summed E-state index contributed by atoms with van der Waals surface area (Å²) in [5.41, 5.74) is 2.78. The summed E-state index contributed by atoms with van der Waals surface area (Å²) in [6.07, 6.45) is 0.990. The van der Waals surface area contributed by atoms with E-state index in [1.807, 2.05) is 24.3 Å². The topological polar surface area (TPSA) is 98.8 Å². The summed E-state index contributed by atoms with van der Waals surface area (Å²) in [6, 6.07) is 7.36. The quantitative estimate of drug-likeness (QED) is 0.435. The number of rotatable bonds is 6. The van der Waals surface area contributed by atoms with Crippen molar-refractivity contribution in [2.45, 2.75) is 25.9 Å². The van der Waals surface area contributed by atoms with E-state index in [-0.39, 0.29) is 19.4 Å². The fourth-order valence-corrected chi connectivity index (χ4v) is 5.27. The molecule has 2 aromatic rings. The van der Waals surface area contributed by atoms with Crippen LogP contribution in [0.2, 0.25) is 0 Å². The van der Waals surface area contributed by atoms with Gasteiger partial charge >= 0.3 is 11.9 Å². The van der Waals surface area contributed by atoms with E-state index in [4.69, 9.17) is 33.2 Å². The Bertz CT molecular complexity index is 1220. The zero-order valence-corrected chi connectivity index (χ0v) is 20.8. The Balaban J connectivity index is 1.72. The van der Waals surface area contributed by atoms with Crippen LogP contribution >= 0.6 is 0 Å². The number of fused-ring (bicyclic) bond motifs is 3. The Labute approximate surface area is 208 Å². The zero-order valence-electron chi connectivity index (χ0n) is 20.8. The molecular formula is C27H28O9. The van der Waals surface area contributed by atoms with Gasteiger partial charge in [-0.1, -0.05) is 6.08 Å². The molecule has 0 N–H and O–H groups in total. The van der Waals surface area contributed by atoms with Crippen molar-refractivity contribution in [2.24, 2.45) is 11.8 Å². The Morgan fingerprint density at radius 1 is 0.944 bits per heavy atom. The van der Waals surface area contributed by atoms with Crippen LogP contribution in [0.4, 0.5) is 0 Å². The molecule has 0 radical (unpaired) electrons. The van der Waals surface area contributed by atoms with E-state index in [9.17, 15) is 9.59 Å². The van der Waals surface area contributed by atoms with Crippen molar-refractivity contribution in [2.75, 3.05) is 34.7 Å². The van der Waals surface area contributed by atoms with Gasteiger partial charge in [0.05, 0.1) is 33.9 Å². The van der Waals surface area contributed by atoms with Crippen LogP contribution < -0.4 is 23.7 Å². The van der Waals surface area contributed by atoms with E-state index in [2.05, 4.69) is 0 Å². The number of carbonyl (C=O) groups is 2. The first-order chi connectivity index (χ1) is 17.4. The van der Waals surface area contributed by atoms with Gasteiger partial charge in [-0.25, -0.2) is 4.79 Å². The number of carbonyl (C=O) groups excluding carboxylic acids is 2. The van der Waals surface area contributed by atoms with Crippen LogP contribution in [0.15, 0.2) is 35.9 Å². The predicted octanol–water partition coefficient (Wildman–Crippen LogP) is 3.93. The summed E-state index contributed by atoms with van der Waals surface area (Å²) >= 11 is 0. The van der Waals surface area contributed by atoms with Gasteiger partial charge in [-0.05, 0) is 49.2 Å². The Hall–Kier alpha value is -3.88.